The summed E-state index contributed by atoms with van der Waals surface area (Å²) in [6, 6.07) is 3.38. The van der Waals surface area contributed by atoms with Gasteiger partial charge in [-0.2, -0.15) is 0 Å². The third kappa shape index (κ3) is 2.10. The van der Waals surface area contributed by atoms with E-state index in [0.717, 1.165) is 18.8 Å². The maximum absolute atomic E-state index is 10.7. The third-order valence-corrected chi connectivity index (χ3v) is 2.58. The van der Waals surface area contributed by atoms with Gasteiger partial charge in [-0.05, 0) is 26.0 Å². The number of hydrogen-bond donors (Lipinski definition) is 1. The van der Waals surface area contributed by atoms with Crippen molar-refractivity contribution in [2.75, 3.05) is 25.1 Å². The predicted molar refractivity (Wildman–Crippen MR) is 63.6 cm³/mol. The summed E-state index contributed by atoms with van der Waals surface area (Å²) in [5.41, 5.74) is 1.04. The van der Waals surface area contributed by atoms with E-state index in [1.54, 1.807) is 12.1 Å². The van der Waals surface area contributed by atoms with Gasteiger partial charge in [0.15, 0.2) is 17.8 Å². The minimum atomic E-state index is -0.0955. The molecule has 1 aromatic carbocycles. The van der Waals surface area contributed by atoms with Crippen LogP contribution in [0.25, 0.3) is 0 Å². The van der Waals surface area contributed by atoms with Gasteiger partial charge in [0.05, 0.1) is 18.4 Å². The zero-order chi connectivity index (χ0) is 12.1. The van der Waals surface area contributed by atoms with Gasteiger partial charge in [0.1, 0.15) is 0 Å². The Labute approximate surface area is 95.5 Å². The molecular formula is C12H17NO3. The van der Waals surface area contributed by atoms with Crippen LogP contribution >= 0.6 is 0 Å². The molecule has 1 N–H and O–H groups in total. The number of anilines is 1. The highest BCUT2D eigenvalue weighted by molar-refractivity contribution is 5.84. The molecule has 0 saturated carbocycles. The fraction of sp³-hybridized carbons (Fsp3) is 0.417. The standard InChI is InChI=1S/C12H17NO3/c1-4-13(5-2)10-7-6-9(8-14)11(15)12(10)16-3/h6-8,15H,4-5H2,1-3H3. The van der Waals surface area contributed by atoms with Crippen LogP contribution in [0.3, 0.4) is 0 Å². The van der Waals surface area contributed by atoms with Crippen LogP contribution in [-0.4, -0.2) is 31.6 Å². The van der Waals surface area contributed by atoms with Crippen LogP contribution in [0.15, 0.2) is 12.1 Å². The SMILES string of the molecule is CCN(CC)c1ccc(C=O)c(O)c1OC. The first-order valence-corrected chi connectivity index (χ1v) is 5.29. The second-order valence-electron chi connectivity index (χ2n) is 3.35. The Kier molecular flexibility index (Phi) is 4.17. The fourth-order valence-corrected chi connectivity index (χ4v) is 1.69. The lowest BCUT2D eigenvalue weighted by molar-refractivity contribution is 0.112. The number of aldehydes is 1. The van der Waals surface area contributed by atoms with Gasteiger partial charge in [0, 0.05) is 13.1 Å². The number of benzene rings is 1. The Morgan fingerprint density at radius 1 is 1.38 bits per heavy atom. The Bertz CT molecular complexity index is 373. The molecule has 0 saturated heterocycles. The van der Waals surface area contributed by atoms with Crippen molar-refractivity contribution in [3.05, 3.63) is 17.7 Å². The zero-order valence-electron chi connectivity index (χ0n) is 9.86. The van der Waals surface area contributed by atoms with E-state index in [-0.39, 0.29) is 11.3 Å². The number of phenols is 1. The number of carbonyl (C=O) groups excluding carboxylic acids is 1. The molecule has 0 bridgehead atoms. The molecule has 1 aromatic rings. The number of hydrogen-bond acceptors (Lipinski definition) is 4. The lowest BCUT2D eigenvalue weighted by atomic mass is 10.1. The first-order chi connectivity index (χ1) is 7.69. The van der Waals surface area contributed by atoms with Crippen LogP contribution in [0.1, 0.15) is 24.2 Å². The summed E-state index contributed by atoms with van der Waals surface area (Å²) in [7, 11) is 1.48. The van der Waals surface area contributed by atoms with Gasteiger partial charge in [-0.3, -0.25) is 4.79 Å². The first kappa shape index (κ1) is 12.4. The lowest BCUT2D eigenvalue weighted by Crippen LogP contribution is -2.22. The summed E-state index contributed by atoms with van der Waals surface area (Å²) in [6.07, 6.45) is 0.615. The summed E-state index contributed by atoms with van der Waals surface area (Å²) >= 11 is 0. The van der Waals surface area contributed by atoms with E-state index in [9.17, 15) is 9.90 Å². The van der Waals surface area contributed by atoms with Crippen LogP contribution in [0, 0.1) is 0 Å². The van der Waals surface area contributed by atoms with Crippen molar-refractivity contribution in [1.82, 2.24) is 0 Å². The monoisotopic (exact) mass is 223 g/mol. The van der Waals surface area contributed by atoms with E-state index in [1.165, 1.54) is 7.11 Å². The highest BCUT2D eigenvalue weighted by atomic mass is 16.5. The predicted octanol–water partition coefficient (Wildman–Crippen LogP) is 2.06. The highest BCUT2D eigenvalue weighted by Gasteiger charge is 2.16. The van der Waals surface area contributed by atoms with E-state index >= 15 is 0 Å². The van der Waals surface area contributed by atoms with Gasteiger partial charge in [0.25, 0.3) is 0 Å². The van der Waals surface area contributed by atoms with Crippen LogP contribution in [-0.2, 0) is 0 Å². The fourth-order valence-electron chi connectivity index (χ4n) is 1.69. The van der Waals surface area contributed by atoms with Crippen molar-refractivity contribution in [2.24, 2.45) is 0 Å². The summed E-state index contributed by atoms with van der Waals surface area (Å²) < 4.78 is 5.15. The molecule has 1 rings (SSSR count). The molecule has 0 aliphatic carbocycles. The van der Waals surface area contributed by atoms with Crippen molar-refractivity contribution in [2.45, 2.75) is 13.8 Å². The average Bonchev–Trinajstić information content (AvgIpc) is 2.31. The van der Waals surface area contributed by atoms with Crippen molar-refractivity contribution < 1.29 is 14.6 Å². The average molecular weight is 223 g/mol. The summed E-state index contributed by atoms with van der Waals surface area (Å²) in [5, 5.41) is 9.83. The molecule has 4 heteroatoms. The Morgan fingerprint density at radius 2 is 2.00 bits per heavy atom. The van der Waals surface area contributed by atoms with E-state index in [0.29, 0.717) is 12.0 Å². The van der Waals surface area contributed by atoms with Gasteiger partial charge in [-0.25, -0.2) is 0 Å². The number of nitrogens with zero attached hydrogens (tertiary/aromatic N) is 1. The Morgan fingerprint density at radius 3 is 2.44 bits per heavy atom. The van der Waals surface area contributed by atoms with E-state index in [4.69, 9.17) is 4.74 Å². The smallest absolute Gasteiger partial charge is 0.184 e. The molecule has 0 heterocycles. The zero-order valence-corrected chi connectivity index (χ0v) is 9.86. The van der Waals surface area contributed by atoms with Crippen LogP contribution in [0.4, 0.5) is 5.69 Å². The topological polar surface area (TPSA) is 49.8 Å². The molecule has 4 nitrogen and oxygen atoms in total. The van der Waals surface area contributed by atoms with Crippen molar-refractivity contribution >= 4 is 12.0 Å². The number of carbonyl (C=O) groups is 1. The molecule has 0 atom stereocenters. The van der Waals surface area contributed by atoms with Gasteiger partial charge in [0.2, 0.25) is 0 Å². The van der Waals surface area contributed by atoms with Crippen molar-refractivity contribution in [1.29, 1.82) is 0 Å². The molecule has 0 aliphatic rings. The van der Waals surface area contributed by atoms with Crippen molar-refractivity contribution in [3.8, 4) is 11.5 Å². The van der Waals surface area contributed by atoms with Gasteiger partial charge < -0.3 is 14.7 Å². The molecule has 0 aromatic heterocycles. The minimum Gasteiger partial charge on any atom is -0.504 e. The van der Waals surface area contributed by atoms with Crippen LogP contribution in [0.2, 0.25) is 0 Å². The number of aromatic hydroxyl groups is 1. The number of phenolic OH excluding ortho intramolecular Hbond substituents is 1. The molecular weight excluding hydrogens is 206 g/mol. The van der Waals surface area contributed by atoms with Crippen LogP contribution in [0.5, 0.6) is 11.5 Å². The molecule has 16 heavy (non-hydrogen) atoms. The molecule has 0 aliphatic heterocycles. The molecule has 0 amide bonds. The van der Waals surface area contributed by atoms with Gasteiger partial charge in [-0.15, -0.1) is 0 Å². The Hall–Kier alpha value is -1.71. The highest BCUT2D eigenvalue weighted by Crippen LogP contribution is 2.38. The first-order valence-electron chi connectivity index (χ1n) is 5.29. The lowest BCUT2D eigenvalue weighted by Gasteiger charge is -2.24. The molecule has 0 unspecified atom stereocenters. The molecule has 88 valence electrons. The quantitative estimate of drug-likeness (QED) is 0.776. The summed E-state index contributed by atoms with van der Waals surface area (Å²) in [6.45, 7) is 5.67. The number of ether oxygens (including phenoxy) is 1. The number of rotatable bonds is 5. The normalized spacial score (nSPS) is 9.94. The molecule has 0 spiro atoms. The maximum Gasteiger partial charge on any atom is 0.184 e. The largest absolute Gasteiger partial charge is 0.504 e. The van der Waals surface area contributed by atoms with E-state index < -0.39 is 0 Å². The number of methoxy groups -OCH3 is 1. The third-order valence-electron chi connectivity index (χ3n) is 2.58. The maximum atomic E-state index is 10.7. The van der Waals surface area contributed by atoms with E-state index in [2.05, 4.69) is 0 Å². The summed E-state index contributed by atoms with van der Waals surface area (Å²) in [5.74, 6) is 0.259. The van der Waals surface area contributed by atoms with Gasteiger partial charge >= 0.3 is 0 Å². The minimum absolute atomic E-state index is 0.0955. The second kappa shape index (κ2) is 5.39. The van der Waals surface area contributed by atoms with Crippen molar-refractivity contribution in [3.63, 3.8) is 0 Å². The van der Waals surface area contributed by atoms with Crippen LogP contribution < -0.4 is 9.64 Å². The van der Waals surface area contributed by atoms with E-state index in [1.807, 2.05) is 18.7 Å². The molecule has 0 fully saturated rings. The van der Waals surface area contributed by atoms with Gasteiger partial charge in [-0.1, -0.05) is 0 Å². The molecule has 0 radical (unpaired) electrons. The Balaban J connectivity index is 3.29. The second-order valence-corrected chi connectivity index (χ2v) is 3.35. The summed E-state index contributed by atoms with van der Waals surface area (Å²) in [4.78, 5) is 12.7.